The highest BCUT2D eigenvalue weighted by molar-refractivity contribution is 7.16. The fourth-order valence-electron chi connectivity index (χ4n) is 2.65. The van der Waals surface area contributed by atoms with Crippen LogP contribution in [-0.2, 0) is 6.61 Å². The van der Waals surface area contributed by atoms with Crippen molar-refractivity contribution in [3.05, 3.63) is 59.1 Å². The number of ether oxygens (including phenoxy) is 1. The molecule has 0 saturated heterocycles. The molecule has 2 aromatic heterocycles. The first kappa shape index (κ1) is 19.1. The molecule has 0 bridgehead atoms. The van der Waals surface area contributed by atoms with Gasteiger partial charge < -0.3 is 9.64 Å². The largest absolute Gasteiger partial charge is 0.486 e. The second-order valence-electron chi connectivity index (χ2n) is 6.26. The molecular weight excluding hydrogens is 382 g/mol. The lowest BCUT2D eigenvalue weighted by atomic mass is 10.2. The highest BCUT2D eigenvalue weighted by Crippen LogP contribution is 2.24. The Bertz CT molecular complexity index is 1040. The summed E-state index contributed by atoms with van der Waals surface area (Å²) in [7, 11) is 4.04. The fraction of sp³-hybridized carbons (Fsp3) is 0.211. The van der Waals surface area contributed by atoms with Crippen molar-refractivity contribution in [1.82, 2.24) is 19.8 Å². The average Bonchev–Trinajstić information content (AvgIpc) is 3.20. The van der Waals surface area contributed by atoms with E-state index in [4.69, 9.17) is 4.74 Å². The zero-order chi connectivity index (χ0) is 18.1. The molecule has 0 aliphatic carbocycles. The smallest absolute Gasteiger partial charge is 0.235 e. The molecule has 0 aliphatic heterocycles. The van der Waals surface area contributed by atoms with Gasteiger partial charge in [0.05, 0.1) is 0 Å². The fourth-order valence-corrected chi connectivity index (χ4v) is 3.40. The molecule has 0 fully saturated rings. The highest BCUT2D eigenvalue weighted by Gasteiger charge is 2.14. The topological polar surface area (TPSA) is 55.6 Å². The van der Waals surface area contributed by atoms with E-state index in [1.807, 2.05) is 57.4 Å². The molecule has 2 heterocycles. The maximum atomic E-state index is 5.84. The van der Waals surface area contributed by atoms with Gasteiger partial charge in [0, 0.05) is 25.3 Å². The van der Waals surface area contributed by atoms with Gasteiger partial charge in [0.2, 0.25) is 4.96 Å². The first-order valence-corrected chi connectivity index (χ1v) is 9.10. The summed E-state index contributed by atoms with van der Waals surface area (Å²) >= 11 is 1.49. The molecule has 4 aromatic rings. The van der Waals surface area contributed by atoms with Crippen LogP contribution in [0.3, 0.4) is 0 Å². The quantitative estimate of drug-likeness (QED) is 0.501. The molecule has 0 aliphatic rings. The van der Waals surface area contributed by atoms with Gasteiger partial charge in [-0.1, -0.05) is 23.5 Å². The predicted octanol–water partition coefficient (Wildman–Crippen LogP) is 4.23. The van der Waals surface area contributed by atoms with E-state index < -0.39 is 0 Å². The number of hydrogen-bond donors (Lipinski definition) is 0. The molecule has 8 heteroatoms. The van der Waals surface area contributed by atoms with Gasteiger partial charge in [-0.05, 0) is 48.9 Å². The van der Waals surface area contributed by atoms with Crippen LogP contribution in [0.5, 0.6) is 5.75 Å². The van der Waals surface area contributed by atoms with E-state index in [0.29, 0.717) is 6.61 Å². The van der Waals surface area contributed by atoms with Gasteiger partial charge >= 0.3 is 0 Å². The van der Waals surface area contributed by atoms with Crippen LogP contribution in [0.2, 0.25) is 0 Å². The van der Waals surface area contributed by atoms with Gasteiger partial charge in [-0.25, -0.2) is 0 Å². The Morgan fingerprint density at radius 3 is 2.56 bits per heavy atom. The number of halogens is 1. The maximum absolute atomic E-state index is 5.84. The molecule has 0 spiro atoms. The van der Waals surface area contributed by atoms with E-state index in [1.54, 1.807) is 4.52 Å². The molecule has 0 radical (unpaired) electrons. The SMILES string of the molecule is Cc1cccc(OCc2nn3c(-c4ccc(N(C)C)cc4)nnc3s2)c1.Cl. The lowest BCUT2D eigenvalue weighted by Crippen LogP contribution is -2.08. The van der Waals surface area contributed by atoms with Crippen molar-refractivity contribution in [3.63, 3.8) is 0 Å². The van der Waals surface area contributed by atoms with Crippen molar-refractivity contribution in [1.29, 1.82) is 0 Å². The van der Waals surface area contributed by atoms with Crippen LogP contribution in [0.25, 0.3) is 16.3 Å². The second-order valence-corrected chi connectivity index (χ2v) is 7.30. The third-order valence-electron chi connectivity index (χ3n) is 4.03. The van der Waals surface area contributed by atoms with Crippen molar-refractivity contribution in [2.24, 2.45) is 0 Å². The maximum Gasteiger partial charge on any atom is 0.235 e. The Kier molecular flexibility index (Phi) is 5.62. The van der Waals surface area contributed by atoms with Crippen molar-refractivity contribution in [2.45, 2.75) is 13.5 Å². The molecule has 140 valence electrons. The summed E-state index contributed by atoms with van der Waals surface area (Å²) in [5.74, 6) is 1.58. The third-order valence-corrected chi connectivity index (χ3v) is 4.90. The zero-order valence-electron chi connectivity index (χ0n) is 15.3. The minimum atomic E-state index is 0. The number of aromatic nitrogens is 4. The van der Waals surface area contributed by atoms with Crippen LogP contribution >= 0.6 is 23.7 Å². The normalized spacial score (nSPS) is 10.6. The first-order valence-electron chi connectivity index (χ1n) is 8.28. The molecular formula is C19H20ClN5OS. The Labute approximate surface area is 167 Å². The molecule has 27 heavy (non-hydrogen) atoms. The monoisotopic (exact) mass is 401 g/mol. The van der Waals surface area contributed by atoms with Gasteiger partial charge in [0.1, 0.15) is 12.4 Å². The number of fused-ring (bicyclic) bond motifs is 1. The Morgan fingerprint density at radius 1 is 1.07 bits per heavy atom. The van der Waals surface area contributed by atoms with Crippen LogP contribution in [0, 0.1) is 6.92 Å². The summed E-state index contributed by atoms with van der Waals surface area (Å²) in [4.78, 5) is 2.83. The minimum absolute atomic E-state index is 0. The number of anilines is 1. The van der Waals surface area contributed by atoms with Crippen molar-refractivity contribution >= 4 is 34.4 Å². The van der Waals surface area contributed by atoms with E-state index in [0.717, 1.165) is 32.8 Å². The van der Waals surface area contributed by atoms with Crippen LogP contribution in [0.15, 0.2) is 48.5 Å². The molecule has 0 amide bonds. The summed E-state index contributed by atoms with van der Waals surface area (Å²) in [6.07, 6.45) is 0. The molecule has 0 unspecified atom stereocenters. The first-order chi connectivity index (χ1) is 12.6. The Balaban J connectivity index is 0.00000210. The molecule has 6 nitrogen and oxygen atoms in total. The van der Waals surface area contributed by atoms with Crippen molar-refractivity contribution in [2.75, 3.05) is 19.0 Å². The summed E-state index contributed by atoms with van der Waals surface area (Å²) in [6, 6.07) is 16.2. The summed E-state index contributed by atoms with van der Waals surface area (Å²) in [6.45, 7) is 2.46. The predicted molar refractivity (Wildman–Crippen MR) is 111 cm³/mol. The summed E-state index contributed by atoms with van der Waals surface area (Å²) in [5.41, 5.74) is 3.30. The van der Waals surface area contributed by atoms with E-state index in [2.05, 4.69) is 32.3 Å². The van der Waals surface area contributed by atoms with E-state index in [9.17, 15) is 0 Å². The lowest BCUT2D eigenvalue weighted by molar-refractivity contribution is 0.304. The summed E-state index contributed by atoms with van der Waals surface area (Å²) in [5, 5.41) is 14.0. The van der Waals surface area contributed by atoms with E-state index in [-0.39, 0.29) is 12.4 Å². The van der Waals surface area contributed by atoms with Crippen LogP contribution in [0.1, 0.15) is 10.6 Å². The third kappa shape index (κ3) is 4.04. The average molecular weight is 402 g/mol. The Hall–Kier alpha value is -2.64. The summed E-state index contributed by atoms with van der Waals surface area (Å²) < 4.78 is 7.62. The number of benzene rings is 2. The van der Waals surface area contributed by atoms with Crippen molar-refractivity contribution in [3.8, 4) is 17.1 Å². The number of rotatable bonds is 5. The molecule has 0 N–H and O–H groups in total. The van der Waals surface area contributed by atoms with Crippen LogP contribution in [-0.4, -0.2) is 33.9 Å². The van der Waals surface area contributed by atoms with Crippen LogP contribution in [0.4, 0.5) is 5.69 Å². The molecule has 0 atom stereocenters. The van der Waals surface area contributed by atoms with Gasteiger partial charge in [0.15, 0.2) is 10.8 Å². The molecule has 2 aromatic carbocycles. The van der Waals surface area contributed by atoms with Gasteiger partial charge in [0.25, 0.3) is 0 Å². The zero-order valence-corrected chi connectivity index (χ0v) is 16.9. The second kappa shape index (κ2) is 7.94. The van der Waals surface area contributed by atoms with E-state index in [1.165, 1.54) is 16.9 Å². The number of nitrogens with zero attached hydrogens (tertiary/aromatic N) is 5. The molecule has 4 rings (SSSR count). The lowest BCUT2D eigenvalue weighted by Gasteiger charge is -2.12. The van der Waals surface area contributed by atoms with E-state index >= 15 is 0 Å². The molecule has 0 saturated carbocycles. The number of aryl methyl sites for hydroxylation is 1. The minimum Gasteiger partial charge on any atom is -0.486 e. The standard InChI is InChI=1S/C19H19N5OS.ClH/c1-13-5-4-6-16(11-13)25-12-17-22-24-18(20-21-19(24)26-17)14-7-9-15(10-8-14)23(2)3;/h4-11H,12H2,1-3H3;1H. The van der Waals surface area contributed by atoms with Gasteiger partial charge in [-0.3, -0.25) is 0 Å². The number of hydrogen-bond acceptors (Lipinski definition) is 6. The van der Waals surface area contributed by atoms with Crippen molar-refractivity contribution < 1.29 is 4.74 Å². The van der Waals surface area contributed by atoms with Crippen LogP contribution < -0.4 is 9.64 Å². The van der Waals surface area contributed by atoms with Gasteiger partial charge in [-0.2, -0.15) is 9.61 Å². The Morgan fingerprint density at radius 2 is 1.85 bits per heavy atom. The van der Waals surface area contributed by atoms with Gasteiger partial charge in [-0.15, -0.1) is 22.6 Å². The highest BCUT2D eigenvalue weighted by atomic mass is 35.5.